The molecule has 0 fully saturated rings. The Morgan fingerprint density at radius 2 is 2.00 bits per heavy atom. The van der Waals surface area contributed by atoms with Crippen LogP contribution in [-0.2, 0) is 4.79 Å². The number of carbonyl (C=O) groups is 2. The fraction of sp³-hybridized carbons (Fsp3) is 0.125. The number of rotatable bonds is 6. The molecule has 0 spiro atoms. The van der Waals surface area contributed by atoms with Gasteiger partial charge in [-0.1, -0.05) is 23.5 Å². The average Bonchev–Trinajstić information content (AvgIpc) is 3.57. The number of ether oxygens (including phenoxy) is 2. The summed E-state index contributed by atoms with van der Waals surface area (Å²) in [7, 11) is 2.89. The van der Waals surface area contributed by atoms with Crippen LogP contribution in [0.4, 0.5) is 9.52 Å². The van der Waals surface area contributed by atoms with Crippen molar-refractivity contribution >= 4 is 38.4 Å². The summed E-state index contributed by atoms with van der Waals surface area (Å²) in [5.74, 6) is -2.08. The van der Waals surface area contributed by atoms with Crippen molar-refractivity contribution in [1.29, 1.82) is 0 Å². The number of furan rings is 1. The zero-order valence-corrected chi connectivity index (χ0v) is 18.8. The number of aliphatic hydroxyl groups excluding tert-OH is 1. The van der Waals surface area contributed by atoms with Crippen LogP contribution in [0.3, 0.4) is 0 Å². The Bertz CT molecular complexity index is 1460. The van der Waals surface area contributed by atoms with Gasteiger partial charge < -0.3 is 19.0 Å². The van der Waals surface area contributed by atoms with Crippen molar-refractivity contribution in [2.75, 3.05) is 19.1 Å². The quantitative estimate of drug-likeness (QED) is 0.395. The van der Waals surface area contributed by atoms with E-state index in [0.717, 1.165) is 11.3 Å². The highest BCUT2D eigenvalue weighted by atomic mass is 32.1. The fourth-order valence-electron chi connectivity index (χ4n) is 3.99. The molecular formula is C24H17FN2O6S. The minimum Gasteiger partial charge on any atom is -0.503 e. The van der Waals surface area contributed by atoms with Crippen molar-refractivity contribution in [3.8, 4) is 11.5 Å². The van der Waals surface area contributed by atoms with E-state index in [-0.39, 0.29) is 22.2 Å². The number of amides is 1. The predicted octanol–water partition coefficient (Wildman–Crippen LogP) is 4.83. The number of aromatic nitrogens is 1. The van der Waals surface area contributed by atoms with Gasteiger partial charge in [0.05, 0.1) is 36.3 Å². The second kappa shape index (κ2) is 8.31. The number of methoxy groups -OCH3 is 2. The summed E-state index contributed by atoms with van der Waals surface area (Å²) >= 11 is 1.06. The molecular weight excluding hydrogens is 463 g/mol. The number of para-hydroxylation sites is 1. The average molecular weight is 480 g/mol. The van der Waals surface area contributed by atoms with Gasteiger partial charge in [0.15, 0.2) is 28.1 Å². The molecule has 5 rings (SSSR count). The van der Waals surface area contributed by atoms with Crippen molar-refractivity contribution in [2.45, 2.75) is 6.04 Å². The van der Waals surface area contributed by atoms with Crippen molar-refractivity contribution in [1.82, 2.24) is 4.98 Å². The minimum absolute atomic E-state index is 0.0468. The van der Waals surface area contributed by atoms with Crippen LogP contribution < -0.4 is 14.4 Å². The molecule has 1 amide bonds. The van der Waals surface area contributed by atoms with Gasteiger partial charge in [-0.3, -0.25) is 14.5 Å². The summed E-state index contributed by atoms with van der Waals surface area (Å²) in [6.07, 6.45) is 1.32. The van der Waals surface area contributed by atoms with Crippen LogP contribution in [0.2, 0.25) is 0 Å². The Morgan fingerprint density at radius 3 is 2.71 bits per heavy atom. The Hall–Kier alpha value is -4.18. The molecule has 3 heterocycles. The van der Waals surface area contributed by atoms with Crippen LogP contribution in [0.15, 0.2) is 70.5 Å². The van der Waals surface area contributed by atoms with Crippen LogP contribution in [0.25, 0.3) is 10.2 Å². The summed E-state index contributed by atoms with van der Waals surface area (Å²) in [4.78, 5) is 32.4. The topological polar surface area (TPSA) is 102 Å². The molecule has 1 aliphatic heterocycles. The van der Waals surface area contributed by atoms with Crippen molar-refractivity contribution in [2.24, 2.45) is 0 Å². The van der Waals surface area contributed by atoms with E-state index >= 15 is 0 Å². The molecule has 1 atom stereocenters. The van der Waals surface area contributed by atoms with E-state index in [9.17, 15) is 19.1 Å². The van der Waals surface area contributed by atoms with Crippen LogP contribution >= 0.6 is 11.3 Å². The Kier molecular flexibility index (Phi) is 5.29. The molecule has 0 saturated carbocycles. The van der Waals surface area contributed by atoms with Crippen LogP contribution in [-0.4, -0.2) is 36.0 Å². The van der Waals surface area contributed by atoms with Crippen LogP contribution in [0.1, 0.15) is 22.2 Å². The zero-order chi connectivity index (χ0) is 24.0. The standard InChI is InChI=1S/C24H17FN2O6S/c1-31-16-6-3-5-13(22(16)32-2)19-18(20(28)15-7-4-10-33-15)21(29)23(30)27(19)24-26-14-9-8-12(25)11-17(14)34-24/h3-11,19,29H,1-2H3. The molecule has 10 heteroatoms. The number of thiazole rings is 1. The van der Waals surface area contributed by atoms with Gasteiger partial charge >= 0.3 is 0 Å². The Balaban J connectivity index is 1.74. The number of benzene rings is 2. The molecule has 2 aromatic carbocycles. The molecule has 8 nitrogen and oxygen atoms in total. The lowest BCUT2D eigenvalue weighted by Crippen LogP contribution is -2.31. The Morgan fingerprint density at radius 1 is 1.18 bits per heavy atom. The van der Waals surface area contributed by atoms with Gasteiger partial charge in [-0.05, 0) is 36.4 Å². The number of nitrogens with zero attached hydrogens (tertiary/aromatic N) is 2. The molecule has 1 unspecified atom stereocenters. The number of fused-ring (bicyclic) bond motifs is 1. The molecule has 34 heavy (non-hydrogen) atoms. The van der Waals surface area contributed by atoms with Crippen molar-refractivity contribution in [3.05, 3.63) is 83.3 Å². The van der Waals surface area contributed by atoms with E-state index in [4.69, 9.17) is 13.9 Å². The first-order chi connectivity index (χ1) is 16.4. The molecule has 0 aliphatic carbocycles. The monoisotopic (exact) mass is 480 g/mol. The van der Waals surface area contributed by atoms with Gasteiger partial charge in [0, 0.05) is 5.56 Å². The Labute approximate surface area is 196 Å². The molecule has 172 valence electrons. The van der Waals surface area contributed by atoms with E-state index in [1.807, 2.05) is 0 Å². The van der Waals surface area contributed by atoms with Gasteiger partial charge in [-0.2, -0.15) is 0 Å². The number of carbonyl (C=O) groups excluding carboxylic acids is 2. The minimum atomic E-state index is -1.11. The van der Waals surface area contributed by atoms with Gasteiger partial charge in [0.25, 0.3) is 5.91 Å². The molecule has 0 bridgehead atoms. The third-order valence-corrected chi connectivity index (χ3v) is 6.49. The number of anilines is 1. The predicted molar refractivity (Wildman–Crippen MR) is 122 cm³/mol. The first kappa shape index (κ1) is 21.7. The van der Waals surface area contributed by atoms with Gasteiger partial charge in [0.1, 0.15) is 11.9 Å². The zero-order valence-electron chi connectivity index (χ0n) is 17.9. The number of Topliss-reactive ketones (excluding diaryl/α,β-unsaturated/α-hetero) is 1. The number of halogens is 1. The maximum absolute atomic E-state index is 13.8. The summed E-state index contributed by atoms with van der Waals surface area (Å²) in [6.45, 7) is 0. The van der Waals surface area contributed by atoms with Gasteiger partial charge in [0.2, 0.25) is 5.78 Å². The maximum atomic E-state index is 13.8. The van der Waals surface area contributed by atoms with E-state index < -0.39 is 29.3 Å². The van der Waals surface area contributed by atoms with E-state index in [2.05, 4.69) is 4.98 Å². The van der Waals surface area contributed by atoms with Crippen molar-refractivity contribution < 1.29 is 33.0 Å². The number of aliphatic hydroxyl groups is 1. The van der Waals surface area contributed by atoms with E-state index in [1.165, 1.54) is 55.7 Å². The molecule has 0 saturated heterocycles. The maximum Gasteiger partial charge on any atom is 0.296 e. The molecule has 0 radical (unpaired) electrons. The van der Waals surface area contributed by atoms with Crippen LogP contribution in [0, 0.1) is 5.82 Å². The number of ketones is 1. The highest BCUT2D eigenvalue weighted by molar-refractivity contribution is 7.22. The fourth-order valence-corrected chi connectivity index (χ4v) is 5.00. The number of hydrogen-bond acceptors (Lipinski definition) is 8. The third-order valence-electron chi connectivity index (χ3n) is 5.47. The lowest BCUT2D eigenvalue weighted by atomic mass is 9.94. The SMILES string of the molecule is COc1cccc(C2C(C(=O)c3ccco3)=C(O)C(=O)N2c2nc3ccc(F)cc3s2)c1OC. The highest BCUT2D eigenvalue weighted by Gasteiger charge is 2.47. The number of hydrogen-bond donors (Lipinski definition) is 1. The highest BCUT2D eigenvalue weighted by Crippen LogP contribution is 2.48. The molecule has 1 aliphatic rings. The summed E-state index contributed by atoms with van der Waals surface area (Å²) < 4.78 is 30.5. The lowest BCUT2D eigenvalue weighted by molar-refractivity contribution is -0.117. The van der Waals surface area contributed by atoms with Gasteiger partial charge in [-0.15, -0.1) is 0 Å². The van der Waals surface area contributed by atoms with Crippen LogP contribution in [0.5, 0.6) is 11.5 Å². The van der Waals surface area contributed by atoms with E-state index in [0.29, 0.717) is 21.5 Å². The molecule has 2 aromatic heterocycles. The summed E-state index contributed by atoms with van der Waals surface area (Å²) in [6, 6.07) is 10.9. The lowest BCUT2D eigenvalue weighted by Gasteiger charge is -2.26. The largest absolute Gasteiger partial charge is 0.503 e. The molecule has 1 N–H and O–H groups in total. The molecule has 4 aromatic rings. The smallest absolute Gasteiger partial charge is 0.296 e. The second-order valence-electron chi connectivity index (χ2n) is 7.34. The normalized spacial score (nSPS) is 15.9. The third kappa shape index (κ3) is 3.30. The first-order valence-corrected chi connectivity index (χ1v) is 10.9. The summed E-state index contributed by atoms with van der Waals surface area (Å²) in [5.41, 5.74) is 0.660. The van der Waals surface area contributed by atoms with Crippen molar-refractivity contribution in [3.63, 3.8) is 0 Å². The van der Waals surface area contributed by atoms with Gasteiger partial charge in [-0.25, -0.2) is 9.37 Å². The first-order valence-electron chi connectivity index (χ1n) is 10.1. The van der Waals surface area contributed by atoms with E-state index in [1.54, 1.807) is 18.2 Å². The summed E-state index contributed by atoms with van der Waals surface area (Å²) in [5, 5.41) is 11.0. The second-order valence-corrected chi connectivity index (χ2v) is 8.35.